The van der Waals surface area contributed by atoms with Gasteiger partial charge in [0.2, 0.25) is 0 Å². The Morgan fingerprint density at radius 1 is 1.17 bits per heavy atom. The third-order valence-corrected chi connectivity index (χ3v) is 8.56. The number of nitrogens with one attached hydrogen (secondary N) is 1. The number of hydrogen-bond donors (Lipinski definition) is 1. The lowest BCUT2D eigenvalue weighted by Gasteiger charge is -2.42. The molecule has 2 unspecified atom stereocenters. The highest BCUT2D eigenvalue weighted by Crippen LogP contribution is 2.49. The van der Waals surface area contributed by atoms with E-state index < -0.39 is 17.0 Å². The van der Waals surface area contributed by atoms with Gasteiger partial charge in [-0.15, -0.1) is 0 Å². The van der Waals surface area contributed by atoms with Gasteiger partial charge in [-0.25, -0.2) is 0 Å². The van der Waals surface area contributed by atoms with Crippen LogP contribution in [0.3, 0.4) is 0 Å². The summed E-state index contributed by atoms with van der Waals surface area (Å²) in [7, 11) is 0. The molecule has 0 bridgehead atoms. The summed E-state index contributed by atoms with van der Waals surface area (Å²) in [5.41, 5.74) is -1.57. The number of rotatable bonds is 5. The minimum absolute atomic E-state index is 0.0393. The number of Topliss-reactive ketones (excluding diaryl/α,β-unsaturated/α-hetero) is 1. The summed E-state index contributed by atoms with van der Waals surface area (Å²) in [5.74, 6) is -0.0434. The molecule has 1 saturated heterocycles. The van der Waals surface area contributed by atoms with Gasteiger partial charge in [-0.05, 0) is 70.2 Å². The molecule has 1 amide bonds. The molecule has 188 valence electrons. The Morgan fingerprint density at radius 2 is 1.83 bits per heavy atom. The highest BCUT2D eigenvalue weighted by Gasteiger charge is 2.59. The van der Waals surface area contributed by atoms with Gasteiger partial charge in [-0.2, -0.15) is 13.2 Å². The number of halogens is 6. The quantitative estimate of drug-likeness (QED) is 0.415. The van der Waals surface area contributed by atoms with Gasteiger partial charge in [-0.3, -0.25) is 9.59 Å². The van der Waals surface area contributed by atoms with Crippen molar-refractivity contribution < 1.29 is 22.8 Å². The fourth-order valence-corrected chi connectivity index (χ4v) is 5.93. The number of ketones is 1. The van der Waals surface area contributed by atoms with Crippen LogP contribution in [-0.4, -0.2) is 37.5 Å². The van der Waals surface area contributed by atoms with Crippen molar-refractivity contribution in [2.24, 2.45) is 11.3 Å². The number of carbonyl (C=O) groups excluding carboxylic acids is 2. The van der Waals surface area contributed by atoms with E-state index in [1.54, 1.807) is 23.1 Å². The summed E-state index contributed by atoms with van der Waals surface area (Å²) >= 11 is 15.4. The number of nitrogens with zero attached hydrogens (tertiary/aromatic N) is 1. The minimum Gasteiger partial charge on any atom is -0.370 e. The fourth-order valence-electron chi connectivity index (χ4n) is 4.85. The lowest BCUT2D eigenvalue weighted by atomic mass is 9.61. The Bertz CT molecular complexity index is 1170. The molecule has 1 heterocycles. The average molecular weight is 592 g/mol. The highest BCUT2D eigenvalue weighted by atomic mass is 79.9. The van der Waals surface area contributed by atoms with Crippen LogP contribution in [0.5, 0.6) is 0 Å². The molecule has 1 aliphatic heterocycles. The van der Waals surface area contributed by atoms with E-state index in [2.05, 4.69) is 21.2 Å². The molecule has 1 saturated carbocycles. The van der Waals surface area contributed by atoms with Gasteiger partial charge in [-0.1, -0.05) is 37.0 Å². The summed E-state index contributed by atoms with van der Waals surface area (Å²) < 4.78 is 43.6. The second-order valence-electron chi connectivity index (χ2n) is 9.83. The molecule has 0 aromatic heterocycles. The van der Waals surface area contributed by atoms with E-state index in [1.807, 2.05) is 13.8 Å². The van der Waals surface area contributed by atoms with Crippen LogP contribution in [0.15, 0.2) is 40.9 Å². The Hall–Kier alpha value is -1.77. The molecule has 2 aromatic rings. The Kier molecular flexibility index (Phi) is 6.97. The van der Waals surface area contributed by atoms with E-state index in [0.29, 0.717) is 28.7 Å². The van der Waals surface area contributed by atoms with Crippen LogP contribution in [0.1, 0.15) is 42.6 Å². The highest BCUT2D eigenvalue weighted by molar-refractivity contribution is 9.10. The van der Waals surface area contributed by atoms with Gasteiger partial charge in [0.15, 0.2) is 0 Å². The maximum atomic E-state index is 14.4. The largest absolute Gasteiger partial charge is 0.400 e. The van der Waals surface area contributed by atoms with Gasteiger partial charge < -0.3 is 10.2 Å². The number of alkyl halides is 3. The summed E-state index contributed by atoms with van der Waals surface area (Å²) in [4.78, 5) is 26.1. The van der Waals surface area contributed by atoms with E-state index in [0.717, 1.165) is 0 Å². The SMILES string of the molecule is CC1(C)C(=O)CC1CNC(=O)c1ccc(N2CCC(c3cc(Cl)cc(Cl)c3)(C(F)(F)F)C2)cc1Br. The monoisotopic (exact) mass is 590 g/mol. The number of benzene rings is 2. The van der Waals surface area contributed by atoms with Crippen LogP contribution in [0, 0.1) is 11.3 Å². The van der Waals surface area contributed by atoms with Crippen molar-refractivity contribution in [3.05, 3.63) is 62.0 Å². The number of hydrogen-bond acceptors (Lipinski definition) is 3. The van der Waals surface area contributed by atoms with Crippen molar-refractivity contribution in [3.63, 3.8) is 0 Å². The first-order valence-corrected chi connectivity index (χ1v) is 12.7. The van der Waals surface area contributed by atoms with Crippen LogP contribution in [0.25, 0.3) is 0 Å². The van der Waals surface area contributed by atoms with Gasteiger partial charge >= 0.3 is 6.18 Å². The topological polar surface area (TPSA) is 49.4 Å². The van der Waals surface area contributed by atoms with Gasteiger partial charge in [0.25, 0.3) is 5.91 Å². The predicted octanol–water partition coefficient (Wildman–Crippen LogP) is 6.81. The molecule has 4 rings (SSSR count). The fraction of sp³-hybridized carbons (Fsp3) is 0.440. The average Bonchev–Trinajstić information content (AvgIpc) is 3.22. The zero-order valence-electron chi connectivity index (χ0n) is 19.1. The third-order valence-electron chi connectivity index (χ3n) is 7.47. The number of anilines is 1. The third kappa shape index (κ3) is 4.81. The van der Waals surface area contributed by atoms with Crippen molar-refractivity contribution in [3.8, 4) is 0 Å². The van der Waals surface area contributed by atoms with Crippen LogP contribution in [0.2, 0.25) is 10.0 Å². The summed E-state index contributed by atoms with van der Waals surface area (Å²) in [6.45, 7) is 4.00. The molecule has 2 aromatic carbocycles. The lowest BCUT2D eigenvalue weighted by molar-refractivity contribution is -0.184. The second-order valence-corrected chi connectivity index (χ2v) is 11.6. The standard InChI is InChI=1S/C25H24BrCl2F3N2O2/c1-23(2)15(9-21(23)34)12-32-22(35)19-4-3-18(11-20(19)26)33-6-5-24(13-33,25(29,30)31)14-7-16(27)10-17(28)8-14/h3-4,7-8,10-11,15H,5-6,9,12-13H2,1-2H3,(H,32,35). The molecule has 10 heteroatoms. The summed E-state index contributed by atoms with van der Waals surface area (Å²) in [6.07, 6.45) is -4.21. The molecule has 0 radical (unpaired) electrons. The first-order chi connectivity index (χ1) is 16.2. The Balaban J connectivity index is 1.51. The normalized spacial score (nSPS) is 23.8. The van der Waals surface area contributed by atoms with Gasteiger partial charge in [0.05, 0.1) is 5.56 Å². The van der Waals surface area contributed by atoms with Crippen molar-refractivity contribution in [2.75, 3.05) is 24.5 Å². The molecule has 35 heavy (non-hydrogen) atoms. The number of amides is 1. The molecule has 4 nitrogen and oxygen atoms in total. The maximum Gasteiger partial charge on any atom is 0.400 e. The Morgan fingerprint density at radius 3 is 2.37 bits per heavy atom. The van der Waals surface area contributed by atoms with Crippen LogP contribution in [0.4, 0.5) is 18.9 Å². The first-order valence-electron chi connectivity index (χ1n) is 11.1. The summed E-state index contributed by atoms with van der Waals surface area (Å²) in [6, 6.07) is 8.95. The molecule has 0 spiro atoms. The van der Waals surface area contributed by atoms with Crippen LogP contribution in [-0.2, 0) is 10.2 Å². The van der Waals surface area contributed by atoms with E-state index >= 15 is 0 Å². The smallest absolute Gasteiger partial charge is 0.370 e. The van der Waals surface area contributed by atoms with Crippen LogP contribution >= 0.6 is 39.1 Å². The van der Waals surface area contributed by atoms with Crippen molar-refractivity contribution >= 4 is 56.5 Å². The first kappa shape index (κ1) is 26.3. The van der Waals surface area contributed by atoms with Crippen LogP contribution < -0.4 is 10.2 Å². The minimum atomic E-state index is -4.51. The molecule has 2 aliphatic rings. The molecular weight excluding hydrogens is 568 g/mol. The molecule has 2 atom stereocenters. The van der Waals surface area contributed by atoms with Gasteiger partial charge in [0.1, 0.15) is 11.2 Å². The zero-order chi connectivity index (χ0) is 25.8. The van der Waals surface area contributed by atoms with Crippen molar-refractivity contribution in [1.82, 2.24) is 5.32 Å². The van der Waals surface area contributed by atoms with E-state index in [9.17, 15) is 22.8 Å². The van der Waals surface area contributed by atoms with E-state index in [1.165, 1.54) is 18.2 Å². The van der Waals surface area contributed by atoms with E-state index in [-0.39, 0.29) is 52.7 Å². The predicted molar refractivity (Wildman–Crippen MR) is 134 cm³/mol. The second kappa shape index (κ2) is 9.27. The van der Waals surface area contributed by atoms with Crippen molar-refractivity contribution in [1.29, 1.82) is 0 Å². The molecule has 1 N–H and O–H groups in total. The lowest BCUT2D eigenvalue weighted by Crippen LogP contribution is -2.50. The van der Waals surface area contributed by atoms with E-state index in [4.69, 9.17) is 23.2 Å². The summed E-state index contributed by atoms with van der Waals surface area (Å²) in [5, 5.41) is 3.17. The zero-order valence-corrected chi connectivity index (χ0v) is 22.2. The van der Waals surface area contributed by atoms with Gasteiger partial charge in [0, 0.05) is 51.7 Å². The molecule has 2 fully saturated rings. The number of carbonyl (C=O) groups is 2. The molecule has 1 aliphatic carbocycles. The Labute approximate surface area is 220 Å². The molecular formula is C25H24BrCl2F3N2O2. The van der Waals surface area contributed by atoms with Crippen molar-refractivity contribution in [2.45, 2.75) is 38.3 Å². The maximum absolute atomic E-state index is 14.4.